The van der Waals surface area contributed by atoms with Crippen molar-refractivity contribution in [3.8, 4) is 5.69 Å². The van der Waals surface area contributed by atoms with E-state index in [0.29, 0.717) is 39.2 Å². The summed E-state index contributed by atoms with van der Waals surface area (Å²) in [6, 6.07) is 11.4. The number of rotatable bonds is 5. The first kappa shape index (κ1) is 18.8. The molecule has 0 saturated carbocycles. The number of aryl methyl sites for hydroxylation is 1. The Kier molecular flexibility index (Phi) is 5.09. The zero-order valence-corrected chi connectivity index (χ0v) is 16.1. The molecule has 0 aliphatic heterocycles. The molecule has 0 saturated heterocycles. The lowest BCUT2D eigenvalue weighted by atomic mass is 10.1. The molecule has 8 nitrogen and oxygen atoms in total. The maximum Gasteiger partial charge on any atom is 0.338 e. The number of halogens is 1. The minimum absolute atomic E-state index is 0.0858. The van der Waals surface area contributed by atoms with Crippen molar-refractivity contribution in [3.63, 3.8) is 0 Å². The Morgan fingerprint density at radius 3 is 2.66 bits per heavy atom. The van der Waals surface area contributed by atoms with Crippen molar-refractivity contribution < 1.29 is 13.9 Å². The molecule has 146 valence electrons. The third kappa shape index (κ3) is 3.88. The Balaban J connectivity index is 1.55. The van der Waals surface area contributed by atoms with E-state index in [1.807, 2.05) is 6.92 Å². The van der Waals surface area contributed by atoms with Gasteiger partial charge in [-0.2, -0.15) is 0 Å². The number of carbonyl (C=O) groups is 1. The molecule has 0 bridgehead atoms. The molecule has 0 N–H and O–H groups in total. The quantitative estimate of drug-likeness (QED) is 0.367. The van der Waals surface area contributed by atoms with E-state index in [0.717, 1.165) is 5.56 Å². The van der Waals surface area contributed by atoms with Crippen LogP contribution in [0.25, 0.3) is 16.7 Å². The van der Waals surface area contributed by atoms with Gasteiger partial charge in [0.1, 0.15) is 18.5 Å². The number of esters is 1. The second-order valence-corrected chi connectivity index (χ2v) is 6.67. The molecule has 2 aromatic heterocycles. The normalized spacial score (nSPS) is 11.0. The van der Waals surface area contributed by atoms with E-state index in [1.54, 1.807) is 36.4 Å². The van der Waals surface area contributed by atoms with Crippen molar-refractivity contribution in [2.75, 3.05) is 0 Å². The minimum Gasteiger partial charge on any atom is -0.457 e. The molecule has 0 amide bonds. The van der Waals surface area contributed by atoms with Gasteiger partial charge in [0, 0.05) is 22.0 Å². The Labute approximate surface area is 169 Å². The highest BCUT2D eigenvalue weighted by Gasteiger charge is 2.13. The van der Waals surface area contributed by atoms with Crippen LogP contribution < -0.4 is 5.63 Å². The van der Waals surface area contributed by atoms with Crippen LogP contribution >= 0.6 is 11.6 Å². The molecule has 2 aromatic carbocycles. The first-order valence-electron chi connectivity index (χ1n) is 8.81. The van der Waals surface area contributed by atoms with Gasteiger partial charge in [0.25, 0.3) is 0 Å². The molecule has 0 aliphatic carbocycles. The average molecular weight is 411 g/mol. The summed E-state index contributed by atoms with van der Waals surface area (Å²) in [7, 11) is 0. The van der Waals surface area contributed by atoms with Crippen LogP contribution in [0.3, 0.4) is 0 Å². The van der Waals surface area contributed by atoms with Gasteiger partial charge in [-0.15, -0.1) is 5.10 Å². The molecular weight excluding hydrogens is 396 g/mol. The zero-order valence-electron chi connectivity index (χ0n) is 15.3. The largest absolute Gasteiger partial charge is 0.457 e. The van der Waals surface area contributed by atoms with Crippen LogP contribution in [0.1, 0.15) is 28.4 Å². The molecule has 29 heavy (non-hydrogen) atoms. The molecule has 4 aromatic rings. The van der Waals surface area contributed by atoms with Gasteiger partial charge in [-0.3, -0.25) is 0 Å². The minimum atomic E-state index is -0.522. The van der Waals surface area contributed by atoms with E-state index in [1.165, 1.54) is 17.1 Å². The predicted octanol–water partition coefficient (Wildman–Crippen LogP) is 3.34. The van der Waals surface area contributed by atoms with Gasteiger partial charge >= 0.3 is 11.6 Å². The van der Waals surface area contributed by atoms with Gasteiger partial charge in [-0.25, -0.2) is 14.3 Å². The molecule has 0 aliphatic rings. The smallest absolute Gasteiger partial charge is 0.338 e. The number of nitrogens with zero attached hydrogens (tertiary/aromatic N) is 4. The van der Waals surface area contributed by atoms with Gasteiger partial charge < -0.3 is 9.15 Å². The van der Waals surface area contributed by atoms with E-state index in [9.17, 15) is 9.59 Å². The predicted molar refractivity (Wildman–Crippen MR) is 105 cm³/mol. The fourth-order valence-electron chi connectivity index (χ4n) is 2.94. The second-order valence-electron chi connectivity index (χ2n) is 6.26. The summed E-state index contributed by atoms with van der Waals surface area (Å²) < 4.78 is 12.1. The van der Waals surface area contributed by atoms with Crippen molar-refractivity contribution in [2.45, 2.75) is 20.0 Å². The summed E-state index contributed by atoms with van der Waals surface area (Å²) in [4.78, 5) is 24.3. The molecule has 4 rings (SSSR count). The van der Waals surface area contributed by atoms with Gasteiger partial charge in [-0.05, 0) is 58.8 Å². The first-order valence-corrected chi connectivity index (χ1v) is 9.18. The van der Waals surface area contributed by atoms with Crippen molar-refractivity contribution >= 4 is 28.5 Å². The zero-order chi connectivity index (χ0) is 20.4. The van der Waals surface area contributed by atoms with Crippen molar-refractivity contribution in [3.05, 3.63) is 80.9 Å². The summed E-state index contributed by atoms with van der Waals surface area (Å²) >= 11 is 6.29. The highest BCUT2D eigenvalue weighted by Crippen LogP contribution is 2.26. The van der Waals surface area contributed by atoms with E-state index in [2.05, 4.69) is 15.5 Å². The summed E-state index contributed by atoms with van der Waals surface area (Å²) in [6.07, 6.45) is 2.16. The highest BCUT2D eigenvalue weighted by atomic mass is 35.5. The topological polar surface area (TPSA) is 100 Å². The maximum atomic E-state index is 12.4. The van der Waals surface area contributed by atoms with Crippen LogP contribution in [0.15, 0.2) is 58.0 Å². The number of tetrazole rings is 1. The molecule has 0 unspecified atom stereocenters. The fraction of sp³-hybridized carbons (Fsp3) is 0.150. The van der Waals surface area contributed by atoms with Gasteiger partial charge in [0.15, 0.2) is 0 Å². The number of hydrogen-bond acceptors (Lipinski definition) is 7. The van der Waals surface area contributed by atoms with Crippen molar-refractivity contribution in [2.24, 2.45) is 0 Å². The number of carbonyl (C=O) groups excluding carboxylic acids is 1. The summed E-state index contributed by atoms with van der Waals surface area (Å²) in [6.45, 7) is 1.87. The van der Waals surface area contributed by atoms with Crippen LogP contribution in [-0.4, -0.2) is 26.2 Å². The Bertz CT molecular complexity index is 1230. The molecule has 0 spiro atoms. The number of hydrogen-bond donors (Lipinski definition) is 0. The standard InChI is InChI=1S/C20H15ClN4O4/c1-2-12-7-18-16(9-17(12)21)14(8-19(26)29-18)10-28-20(27)13-3-5-15(6-4-13)25-11-22-23-24-25/h3-9,11H,2,10H2,1H3. The van der Waals surface area contributed by atoms with Gasteiger partial charge in [0.05, 0.1) is 11.3 Å². The van der Waals surface area contributed by atoms with E-state index in [4.69, 9.17) is 20.8 Å². The molecule has 0 radical (unpaired) electrons. The summed E-state index contributed by atoms with van der Waals surface area (Å²) in [5.41, 5.74) is 2.37. The molecule has 9 heteroatoms. The number of benzene rings is 2. The van der Waals surface area contributed by atoms with Gasteiger partial charge in [0.2, 0.25) is 0 Å². The summed E-state index contributed by atoms with van der Waals surface area (Å²) in [5, 5.41) is 12.1. The maximum absolute atomic E-state index is 12.4. The molecule has 2 heterocycles. The first-order chi connectivity index (χ1) is 14.0. The van der Waals surface area contributed by atoms with Crippen LogP contribution in [-0.2, 0) is 17.8 Å². The fourth-order valence-corrected chi connectivity index (χ4v) is 3.23. The second kappa shape index (κ2) is 7.84. The third-order valence-corrected chi connectivity index (χ3v) is 4.81. The van der Waals surface area contributed by atoms with Crippen molar-refractivity contribution in [1.29, 1.82) is 0 Å². The number of ether oxygens (including phenoxy) is 1. The molecule has 0 atom stereocenters. The summed E-state index contributed by atoms with van der Waals surface area (Å²) in [5.74, 6) is -0.522. The highest BCUT2D eigenvalue weighted by molar-refractivity contribution is 6.32. The van der Waals surface area contributed by atoms with Crippen LogP contribution in [0.4, 0.5) is 0 Å². The van der Waals surface area contributed by atoms with E-state index < -0.39 is 11.6 Å². The van der Waals surface area contributed by atoms with Crippen LogP contribution in [0.2, 0.25) is 5.02 Å². The van der Waals surface area contributed by atoms with Crippen LogP contribution in [0.5, 0.6) is 0 Å². The lowest BCUT2D eigenvalue weighted by molar-refractivity contribution is 0.0474. The number of aromatic nitrogens is 4. The van der Waals surface area contributed by atoms with Gasteiger partial charge in [-0.1, -0.05) is 18.5 Å². The molecular formula is C20H15ClN4O4. The monoisotopic (exact) mass is 410 g/mol. The van der Waals surface area contributed by atoms with Crippen LogP contribution in [0, 0.1) is 0 Å². The lowest BCUT2D eigenvalue weighted by Crippen LogP contribution is -2.08. The van der Waals surface area contributed by atoms with Crippen molar-refractivity contribution in [1.82, 2.24) is 20.2 Å². The van der Waals surface area contributed by atoms with E-state index >= 15 is 0 Å². The third-order valence-electron chi connectivity index (χ3n) is 4.45. The lowest BCUT2D eigenvalue weighted by Gasteiger charge is -2.09. The molecule has 0 fully saturated rings. The van der Waals surface area contributed by atoms with E-state index in [-0.39, 0.29) is 6.61 Å². The Morgan fingerprint density at radius 1 is 1.17 bits per heavy atom. The number of fused-ring (bicyclic) bond motifs is 1. The Morgan fingerprint density at radius 2 is 1.97 bits per heavy atom. The average Bonchev–Trinajstić information content (AvgIpc) is 3.26. The SMILES string of the molecule is CCc1cc2oc(=O)cc(COC(=O)c3ccc(-n4cnnn4)cc3)c2cc1Cl. The Hall–Kier alpha value is -3.52.